The molecule has 3 aromatic carbocycles. The van der Waals surface area contributed by atoms with Gasteiger partial charge >= 0.3 is 0 Å². The first-order valence-electron chi connectivity index (χ1n) is 13.0. The largest absolute Gasteiger partial charge is 0.493 e. The average Bonchev–Trinajstić information content (AvgIpc) is 2.94. The molecule has 0 fully saturated rings. The van der Waals surface area contributed by atoms with E-state index in [4.69, 9.17) is 9.47 Å². The second kappa shape index (κ2) is 13.3. The fourth-order valence-corrected chi connectivity index (χ4v) is 5.69. The fraction of sp³-hybridized carbons (Fsp3) is 0.333. The Balaban J connectivity index is 2.07. The monoisotopic (exact) mass is 567 g/mol. The maximum Gasteiger partial charge on any atom is 0.264 e. The summed E-state index contributed by atoms with van der Waals surface area (Å²) in [5.41, 5.74) is 3.08. The zero-order valence-electron chi connectivity index (χ0n) is 23.8. The number of rotatable bonds is 12. The number of sulfonamides is 1. The van der Waals surface area contributed by atoms with Gasteiger partial charge in [-0.05, 0) is 57.5 Å². The van der Waals surface area contributed by atoms with Crippen LogP contribution in [-0.2, 0) is 26.2 Å². The van der Waals surface area contributed by atoms with Gasteiger partial charge in [-0.15, -0.1) is 0 Å². The van der Waals surface area contributed by atoms with Crippen molar-refractivity contribution in [3.63, 3.8) is 0 Å². The zero-order valence-corrected chi connectivity index (χ0v) is 24.6. The third-order valence-electron chi connectivity index (χ3n) is 6.50. The Morgan fingerprint density at radius 3 is 2.17 bits per heavy atom. The van der Waals surface area contributed by atoms with E-state index in [1.54, 1.807) is 38.1 Å². The van der Waals surface area contributed by atoms with Crippen LogP contribution in [0.25, 0.3) is 0 Å². The van der Waals surface area contributed by atoms with E-state index in [0.29, 0.717) is 18.0 Å². The predicted octanol–water partition coefficient (Wildman–Crippen LogP) is 4.07. The van der Waals surface area contributed by atoms with Crippen LogP contribution in [0.15, 0.2) is 71.6 Å². The first-order chi connectivity index (χ1) is 19.0. The van der Waals surface area contributed by atoms with Crippen LogP contribution < -0.4 is 19.1 Å². The molecule has 10 heteroatoms. The Hall–Kier alpha value is -4.05. The van der Waals surface area contributed by atoms with Crippen LogP contribution in [-0.4, -0.2) is 58.5 Å². The summed E-state index contributed by atoms with van der Waals surface area (Å²) < 4.78 is 39.7. The van der Waals surface area contributed by atoms with Crippen LogP contribution in [0.4, 0.5) is 5.69 Å². The van der Waals surface area contributed by atoms with E-state index in [0.717, 1.165) is 21.0 Å². The third-order valence-corrected chi connectivity index (χ3v) is 8.27. The lowest BCUT2D eigenvalue weighted by Gasteiger charge is -2.32. The van der Waals surface area contributed by atoms with Gasteiger partial charge in [0.15, 0.2) is 11.5 Å². The number of amides is 2. The molecule has 1 atom stereocenters. The predicted molar refractivity (Wildman–Crippen MR) is 155 cm³/mol. The summed E-state index contributed by atoms with van der Waals surface area (Å²) in [5, 5.41) is 2.76. The van der Waals surface area contributed by atoms with Gasteiger partial charge in [0.05, 0.1) is 24.8 Å². The average molecular weight is 568 g/mol. The molecule has 3 aromatic rings. The van der Waals surface area contributed by atoms with Crippen LogP contribution >= 0.6 is 0 Å². The molecule has 0 heterocycles. The highest BCUT2D eigenvalue weighted by molar-refractivity contribution is 7.92. The fourth-order valence-electron chi connectivity index (χ4n) is 4.26. The number of ether oxygens (including phenoxy) is 2. The SMILES string of the molecule is CCNC(=O)C(C)N(Cc1cccc(C)c1)C(=O)CN(c1ccc(C)cc1)S(=O)(=O)c1ccc(OC)c(OC)c1. The summed E-state index contributed by atoms with van der Waals surface area (Å²) in [4.78, 5) is 28.1. The molecule has 0 radical (unpaired) electrons. The highest BCUT2D eigenvalue weighted by atomic mass is 32.2. The molecule has 214 valence electrons. The Morgan fingerprint density at radius 2 is 1.57 bits per heavy atom. The van der Waals surface area contributed by atoms with Crippen molar-refractivity contribution in [3.05, 3.63) is 83.4 Å². The number of methoxy groups -OCH3 is 2. The van der Waals surface area contributed by atoms with Crippen molar-refractivity contribution in [2.45, 2.75) is 45.2 Å². The molecular formula is C30H37N3O6S. The van der Waals surface area contributed by atoms with Gasteiger partial charge in [0.2, 0.25) is 11.8 Å². The van der Waals surface area contributed by atoms with Crippen molar-refractivity contribution in [1.29, 1.82) is 0 Å². The molecule has 0 bridgehead atoms. The van der Waals surface area contributed by atoms with Gasteiger partial charge in [0.1, 0.15) is 12.6 Å². The minimum absolute atomic E-state index is 0.0690. The van der Waals surface area contributed by atoms with Gasteiger partial charge in [-0.25, -0.2) is 8.42 Å². The molecule has 40 heavy (non-hydrogen) atoms. The lowest BCUT2D eigenvalue weighted by atomic mass is 10.1. The summed E-state index contributed by atoms with van der Waals surface area (Å²) in [7, 11) is -1.36. The van der Waals surface area contributed by atoms with E-state index in [1.807, 2.05) is 38.1 Å². The molecule has 1 unspecified atom stereocenters. The summed E-state index contributed by atoms with van der Waals surface area (Å²) in [5.74, 6) is -0.234. The molecule has 2 amide bonds. The number of benzene rings is 3. The number of aryl methyl sites for hydroxylation is 2. The minimum Gasteiger partial charge on any atom is -0.493 e. The van der Waals surface area contributed by atoms with Gasteiger partial charge in [-0.2, -0.15) is 0 Å². The lowest BCUT2D eigenvalue weighted by molar-refractivity contribution is -0.139. The highest BCUT2D eigenvalue weighted by Crippen LogP contribution is 2.32. The molecule has 0 aromatic heterocycles. The van der Waals surface area contributed by atoms with Crippen LogP contribution in [0.5, 0.6) is 11.5 Å². The maximum absolute atomic E-state index is 14.0. The maximum atomic E-state index is 14.0. The van der Waals surface area contributed by atoms with Crippen molar-refractivity contribution in [2.24, 2.45) is 0 Å². The summed E-state index contributed by atoms with van der Waals surface area (Å²) in [6, 6.07) is 17.9. The molecule has 0 aliphatic carbocycles. The minimum atomic E-state index is -4.24. The van der Waals surface area contributed by atoms with Crippen LogP contribution in [0.2, 0.25) is 0 Å². The van der Waals surface area contributed by atoms with Crippen molar-refractivity contribution in [1.82, 2.24) is 10.2 Å². The van der Waals surface area contributed by atoms with Gasteiger partial charge in [0, 0.05) is 19.2 Å². The molecule has 0 spiro atoms. The number of anilines is 1. The number of nitrogens with zero attached hydrogens (tertiary/aromatic N) is 2. The third kappa shape index (κ3) is 7.12. The van der Waals surface area contributed by atoms with Crippen LogP contribution in [0.3, 0.4) is 0 Å². The Labute approximate surface area is 236 Å². The summed E-state index contributed by atoms with van der Waals surface area (Å²) in [6.45, 7) is 7.28. The smallest absolute Gasteiger partial charge is 0.264 e. The molecule has 1 N–H and O–H groups in total. The first kappa shape index (κ1) is 30.5. The molecule has 0 aliphatic rings. The van der Waals surface area contributed by atoms with E-state index in [-0.39, 0.29) is 23.1 Å². The van der Waals surface area contributed by atoms with E-state index in [9.17, 15) is 18.0 Å². The number of nitrogens with one attached hydrogen (secondary N) is 1. The second-order valence-electron chi connectivity index (χ2n) is 9.45. The van der Waals surface area contributed by atoms with E-state index < -0.39 is 28.5 Å². The van der Waals surface area contributed by atoms with Crippen molar-refractivity contribution < 1.29 is 27.5 Å². The van der Waals surface area contributed by atoms with Crippen molar-refractivity contribution >= 4 is 27.5 Å². The number of carbonyl (C=O) groups is 2. The van der Waals surface area contributed by atoms with Gasteiger partial charge in [-0.1, -0.05) is 47.5 Å². The topological polar surface area (TPSA) is 105 Å². The molecule has 3 rings (SSSR count). The molecule has 0 saturated carbocycles. The Kier molecular flexibility index (Phi) is 10.2. The normalized spacial score (nSPS) is 11.8. The quantitative estimate of drug-likeness (QED) is 0.354. The van der Waals surface area contributed by atoms with Crippen molar-refractivity contribution in [2.75, 3.05) is 31.6 Å². The molecule has 0 aliphatic heterocycles. The zero-order chi connectivity index (χ0) is 29.4. The summed E-state index contributed by atoms with van der Waals surface area (Å²) in [6.07, 6.45) is 0. The van der Waals surface area contributed by atoms with Crippen LogP contribution in [0.1, 0.15) is 30.5 Å². The second-order valence-corrected chi connectivity index (χ2v) is 11.3. The number of likely N-dealkylation sites (N-methyl/N-ethyl adjacent to an activating group) is 1. The number of carbonyl (C=O) groups excluding carboxylic acids is 2. The van der Waals surface area contributed by atoms with Gasteiger partial charge in [0.25, 0.3) is 10.0 Å². The molecule has 9 nitrogen and oxygen atoms in total. The lowest BCUT2D eigenvalue weighted by Crippen LogP contribution is -2.51. The molecule has 0 saturated heterocycles. The number of hydrogen-bond donors (Lipinski definition) is 1. The standard InChI is InChI=1S/C30H37N3O6S/c1-7-31-30(35)23(4)32(19-24-10-8-9-22(3)17-24)29(34)20-33(25-13-11-21(2)12-14-25)40(36,37)26-15-16-27(38-5)28(18-26)39-6/h8-18,23H,7,19-20H2,1-6H3,(H,31,35). The van der Waals surface area contributed by atoms with Gasteiger partial charge in [-0.3, -0.25) is 13.9 Å². The summed E-state index contributed by atoms with van der Waals surface area (Å²) >= 11 is 0. The Morgan fingerprint density at radius 1 is 0.900 bits per heavy atom. The Bertz CT molecular complexity index is 1440. The molecular weight excluding hydrogens is 530 g/mol. The van der Waals surface area contributed by atoms with E-state index in [2.05, 4.69) is 5.32 Å². The van der Waals surface area contributed by atoms with Gasteiger partial charge < -0.3 is 19.7 Å². The van der Waals surface area contributed by atoms with Crippen LogP contribution in [0, 0.1) is 13.8 Å². The van der Waals surface area contributed by atoms with E-state index in [1.165, 1.54) is 37.3 Å². The number of hydrogen-bond acceptors (Lipinski definition) is 6. The van der Waals surface area contributed by atoms with Crippen molar-refractivity contribution in [3.8, 4) is 11.5 Å². The highest BCUT2D eigenvalue weighted by Gasteiger charge is 2.33. The van der Waals surface area contributed by atoms with E-state index >= 15 is 0 Å². The first-order valence-corrected chi connectivity index (χ1v) is 14.4.